The lowest BCUT2D eigenvalue weighted by molar-refractivity contribution is -0.116. The fourth-order valence-electron chi connectivity index (χ4n) is 2.24. The van der Waals surface area contributed by atoms with Crippen molar-refractivity contribution in [1.29, 1.82) is 5.26 Å². The fourth-order valence-corrected chi connectivity index (χ4v) is 2.24. The van der Waals surface area contributed by atoms with Crippen LogP contribution in [-0.4, -0.2) is 56.7 Å². The van der Waals surface area contributed by atoms with E-state index in [0.29, 0.717) is 18.5 Å². The molecule has 0 aliphatic carbocycles. The Morgan fingerprint density at radius 1 is 1.23 bits per heavy atom. The van der Waals surface area contributed by atoms with Gasteiger partial charge in [-0.25, -0.2) is 0 Å². The molecule has 1 aliphatic rings. The van der Waals surface area contributed by atoms with Crippen LogP contribution >= 0.6 is 0 Å². The summed E-state index contributed by atoms with van der Waals surface area (Å²) in [5.74, 6) is -0.0245. The zero-order chi connectivity index (χ0) is 15.6. The molecule has 2 rings (SSSR count). The number of anilines is 1. The summed E-state index contributed by atoms with van der Waals surface area (Å²) in [7, 11) is 0. The number of benzene rings is 1. The Labute approximate surface area is 131 Å². The first-order valence-electron chi connectivity index (χ1n) is 7.59. The molecule has 0 atom stereocenters. The van der Waals surface area contributed by atoms with Crippen LogP contribution in [0.5, 0.6) is 0 Å². The predicted molar refractivity (Wildman–Crippen MR) is 84.5 cm³/mol. The van der Waals surface area contributed by atoms with Gasteiger partial charge in [-0.2, -0.15) is 5.26 Å². The maximum atomic E-state index is 11.8. The van der Waals surface area contributed by atoms with Gasteiger partial charge >= 0.3 is 0 Å². The van der Waals surface area contributed by atoms with Crippen LogP contribution < -0.4 is 10.6 Å². The molecule has 1 aromatic rings. The van der Waals surface area contributed by atoms with E-state index in [1.807, 2.05) is 6.07 Å². The molecule has 1 aliphatic heterocycles. The van der Waals surface area contributed by atoms with Gasteiger partial charge in [0.25, 0.3) is 0 Å². The monoisotopic (exact) mass is 302 g/mol. The fraction of sp³-hybridized carbons (Fsp3) is 0.500. The van der Waals surface area contributed by atoms with Crippen LogP contribution in [-0.2, 0) is 9.53 Å². The third-order valence-electron chi connectivity index (χ3n) is 3.54. The lowest BCUT2D eigenvalue weighted by atomic mass is 10.2. The van der Waals surface area contributed by atoms with Crippen molar-refractivity contribution in [2.24, 2.45) is 0 Å². The molecule has 1 heterocycles. The van der Waals surface area contributed by atoms with Crippen molar-refractivity contribution >= 4 is 11.6 Å². The van der Waals surface area contributed by atoms with E-state index in [9.17, 15) is 4.79 Å². The molecular formula is C16H22N4O2. The van der Waals surface area contributed by atoms with Gasteiger partial charge in [-0.3, -0.25) is 9.69 Å². The second-order valence-electron chi connectivity index (χ2n) is 5.19. The maximum Gasteiger partial charge on any atom is 0.225 e. The van der Waals surface area contributed by atoms with Crippen LogP contribution in [0.1, 0.15) is 12.0 Å². The largest absolute Gasteiger partial charge is 0.379 e. The minimum Gasteiger partial charge on any atom is -0.379 e. The number of morpholine rings is 1. The van der Waals surface area contributed by atoms with Crippen LogP contribution in [0.4, 0.5) is 5.69 Å². The Morgan fingerprint density at radius 3 is 2.64 bits per heavy atom. The van der Waals surface area contributed by atoms with Crippen molar-refractivity contribution in [1.82, 2.24) is 10.2 Å². The maximum absolute atomic E-state index is 11.8. The highest BCUT2D eigenvalue weighted by Gasteiger charge is 2.09. The summed E-state index contributed by atoms with van der Waals surface area (Å²) in [5, 5.41) is 14.8. The topological polar surface area (TPSA) is 77.4 Å². The molecule has 6 heteroatoms. The van der Waals surface area contributed by atoms with Gasteiger partial charge in [0.15, 0.2) is 0 Å². The number of hydrogen-bond donors (Lipinski definition) is 2. The third-order valence-corrected chi connectivity index (χ3v) is 3.54. The number of carbonyl (C=O) groups excluding carboxylic acids is 1. The Morgan fingerprint density at radius 2 is 1.95 bits per heavy atom. The lowest BCUT2D eigenvalue weighted by Gasteiger charge is -2.26. The van der Waals surface area contributed by atoms with E-state index >= 15 is 0 Å². The van der Waals surface area contributed by atoms with Crippen molar-refractivity contribution in [2.75, 3.05) is 51.3 Å². The highest BCUT2D eigenvalue weighted by atomic mass is 16.5. The van der Waals surface area contributed by atoms with E-state index in [1.165, 1.54) is 0 Å². The molecule has 1 amide bonds. The Bertz CT molecular complexity index is 504. The number of nitriles is 1. The molecule has 0 saturated carbocycles. The molecule has 1 saturated heterocycles. The molecule has 0 unspecified atom stereocenters. The second-order valence-corrected chi connectivity index (χ2v) is 5.19. The zero-order valence-corrected chi connectivity index (χ0v) is 12.7. The van der Waals surface area contributed by atoms with E-state index in [0.717, 1.165) is 45.1 Å². The van der Waals surface area contributed by atoms with Gasteiger partial charge in [0.05, 0.1) is 24.8 Å². The van der Waals surface area contributed by atoms with Gasteiger partial charge in [-0.15, -0.1) is 0 Å². The zero-order valence-electron chi connectivity index (χ0n) is 12.7. The van der Waals surface area contributed by atoms with Crippen molar-refractivity contribution in [3.8, 4) is 6.07 Å². The first-order chi connectivity index (χ1) is 10.8. The van der Waals surface area contributed by atoms with Crippen molar-refractivity contribution in [3.05, 3.63) is 29.8 Å². The first-order valence-corrected chi connectivity index (χ1v) is 7.59. The standard InChI is InChI=1S/C16H22N4O2/c17-13-14-1-3-15(4-2-14)19-16(21)5-6-18-7-8-20-9-11-22-12-10-20/h1-4,18H,5-12H2,(H,19,21). The second kappa shape index (κ2) is 9.15. The molecule has 0 bridgehead atoms. The number of carbonyl (C=O) groups is 1. The Hall–Kier alpha value is -1.94. The molecule has 0 spiro atoms. The van der Waals surface area contributed by atoms with Crippen LogP contribution in [0.15, 0.2) is 24.3 Å². The molecule has 0 aromatic heterocycles. The van der Waals surface area contributed by atoms with Gasteiger partial charge in [0.2, 0.25) is 5.91 Å². The summed E-state index contributed by atoms with van der Waals surface area (Å²) in [6.45, 7) is 6.12. The molecule has 118 valence electrons. The molecule has 1 fully saturated rings. The van der Waals surface area contributed by atoms with E-state index < -0.39 is 0 Å². The minimum atomic E-state index is -0.0245. The predicted octanol–water partition coefficient (Wildman–Crippen LogP) is 0.809. The van der Waals surface area contributed by atoms with Crippen molar-refractivity contribution in [3.63, 3.8) is 0 Å². The molecule has 1 aromatic carbocycles. The average molecular weight is 302 g/mol. The van der Waals surface area contributed by atoms with Gasteiger partial charge in [0.1, 0.15) is 0 Å². The number of nitrogens with zero attached hydrogens (tertiary/aromatic N) is 2. The van der Waals surface area contributed by atoms with Crippen LogP contribution in [0.3, 0.4) is 0 Å². The minimum absolute atomic E-state index is 0.0245. The average Bonchev–Trinajstić information content (AvgIpc) is 2.56. The van der Waals surface area contributed by atoms with Gasteiger partial charge in [-0.05, 0) is 24.3 Å². The van der Waals surface area contributed by atoms with Gasteiger partial charge < -0.3 is 15.4 Å². The highest BCUT2D eigenvalue weighted by molar-refractivity contribution is 5.90. The first kappa shape index (κ1) is 16.4. The molecule has 22 heavy (non-hydrogen) atoms. The van der Waals surface area contributed by atoms with Crippen molar-refractivity contribution in [2.45, 2.75) is 6.42 Å². The van der Waals surface area contributed by atoms with Crippen LogP contribution in [0.25, 0.3) is 0 Å². The number of ether oxygens (including phenoxy) is 1. The normalized spacial score (nSPS) is 15.2. The van der Waals surface area contributed by atoms with Crippen LogP contribution in [0, 0.1) is 11.3 Å². The summed E-state index contributed by atoms with van der Waals surface area (Å²) >= 11 is 0. The van der Waals surface area contributed by atoms with Gasteiger partial charge in [0, 0.05) is 44.8 Å². The highest BCUT2D eigenvalue weighted by Crippen LogP contribution is 2.08. The Kier molecular flexibility index (Phi) is 6.84. The van der Waals surface area contributed by atoms with Crippen LogP contribution in [0.2, 0.25) is 0 Å². The number of hydrogen-bond acceptors (Lipinski definition) is 5. The number of rotatable bonds is 7. The summed E-state index contributed by atoms with van der Waals surface area (Å²) < 4.78 is 5.30. The molecular weight excluding hydrogens is 280 g/mol. The number of nitrogens with one attached hydrogen (secondary N) is 2. The van der Waals surface area contributed by atoms with E-state index in [-0.39, 0.29) is 5.91 Å². The van der Waals surface area contributed by atoms with Crippen molar-refractivity contribution < 1.29 is 9.53 Å². The lowest BCUT2D eigenvalue weighted by Crippen LogP contribution is -2.40. The Balaban J connectivity index is 1.56. The van der Waals surface area contributed by atoms with Gasteiger partial charge in [-0.1, -0.05) is 0 Å². The number of amides is 1. The van der Waals surface area contributed by atoms with E-state index in [2.05, 4.69) is 15.5 Å². The summed E-state index contributed by atoms with van der Waals surface area (Å²) in [6.07, 6.45) is 0.434. The van der Waals surface area contributed by atoms with E-state index in [1.54, 1.807) is 24.3 Å². The summed E-state index contributed by atoms with van der Waals surface area (Å²) in [5.41, 5.74) is 1.31. The van der Waals surface area contributed by atoms with E-state index in [4.69, 9.17) is 10.00 Å². The molecule has 6 nitrogen and oxygen atoms in total. The SMILES string of the molecule is N#Cc1ccc(NC(=O)CCNCCN2CCOCC2)cc1. The summed E-state index contributed by atoms with van der Waals surface area (Å²) in [6, 6.07) is 8.91. The summed E-state index contributed by atoms with van der Waals surface area (Å²) in [4.78, 5) is 14.1. The third kappa shape index (κ3) is 5.82. The quantitative estimate of drug-likeness (QED) is 0.729. The molecule has 0 radical (unpaired) electrons. The molecule has 2 N–H and O–H groups in total. The smallest absolute Gasteiger partial charge is 0.225 e.